The van der Waals surface area contributed by atoms with Gasteiger partial charge in [-0.2, -0.15) is 4.72 Å². The van der Waals surface area contributed by atoms with E-state index in [4.69, 9.17) is 0 Å². The molecule has 0 saturated heterocycles. The first kappa shape index (κ1) is 17.0. The second-order valence-corrected chi connectivity index (χ2v) is 8.07. The highest BCUT2D eigenvalue weighted by molar-refractivity contribution is 7.90. The highest BCUT2D eigenvalue weighted by atomic mass is 32.2. The summed E-state index contributed by atoms with van der Waals surface area (Å²) in [5.74, 6) is -0.317. The lowest BCUT2D eigenvalue weighted by molar-refractivity contribution is -0.123. The first-order chi connectivity index (χ1) is 10.4. The van der Waals surface area contributed by atoms with E-state index in [9.17, 15) is 13.2 Å². The van der Waals surface area contributed by atoms with E-state index in [1.54, 1.807) is 24.3 Å². The van der Waals surface area contributed by atoms with E-state index in [-0.39, 0.29) is 17.2 Å². The number of hydrogen-bond acceptors (Lipinski definition) is 3. The predicted molar refractivity (Wildman–Crippen MR) is 86.8 cm³/mol. The van der Waals surface area contributed by atoms with Crippen molar-refractivity contribution in [3.05, 3.63) is 35.9 Å². The van der Waals surface area contributed by atoms with Crippen LogP contribution in [0.15, 0.2) is 30.3 Å². The lowest BCUT2D eigenvalue weighted by atomic mass is 10.1. The number of benzene rings is 1. The molecule has 0 heterocycles. The van der Waals surface area contributed by atoms with Gasteiger partial charge < -0.3 is 5.32 Å². The van der Waals surface area contributed by atoms with Gasteiger partial charge >= 0.3 is 0 Å². The number of amides is 1. The molecule has 22 heavy (non-hydrogen) atoms. The summed E-state index contributed by atoms with van der Waals surface area (Å²) < 4.78 is 27.6. The highest BCUT2D eigenvalue weighted by Crippen LogP contribution is 2.26. The van der Waals surface area contributed by atoms with Gasteiger partial charge in [-0.3, -0.25) is 4.79 Å². The van der Waals surface area contributed by atoms with Crippen molar-refractivity contribution in [1.29, 1.82) is 0 Å². The van der Waals surface area contributed by atoms with Crippen molar-refractivity contribution in [3.63, 3.8) is 0 Å². The molecule has 0 bridgehead atoms. The summed E-state index contributed by atoms with van der Waals surface area (Å²) in [5, 5.41) is 2.40. The Morgan fingerprint density at radius 2 is 1.73 bits per heavy atom. The number of carbonyl (C=O) groups excluding carboxylic acids is 1. The lowest BCUT2D eigenvalue weighted by Gasteiger charge is -2.22. The summed E-state index contributed by atoms with van der Waals surface area (Å²) in [6.07, 6.45) is 3.20. The van der Waals surface area contributed by atoms with Gasteiger partial charge in [0.05, 0.1) is 5.25 Å². The number of hydrogen-bond donors (Lipinski definition) is 2. The Balaban J connectivity index is 2.23. The average molecular weight is 324 g/mol. The van der Waals surface area contributed by atoms with Gasteiger partial charge in [0.2, 0.25) is 15.9 Å². The second kappa shape index (κ2) is 7.24. The van der Waals surface area contributed by atoms with Gasteiger partial charge in [-0.05, 0) is 32.3 Å². The van der Waals surface area contributed by atoms with Crippen LogP contribution in [0.25, 0.3) is 0 Å². The molecule has 1 amide bonds. The fourth-order valence-electron chi connectivity index (χ4n) is 2.75. The minimum Gasteiger partial charge on any atom is -0.352 e. The second-order valence-electron chi connectivity index (χ2n) is 6.08. The Labute approximate surface area is 132 Å². The third kappa shape index (κ3) is 4.30. The number of carbonyl (C=O) groups is 1. The molecule has 0 spiro atoms. The summed E-state index contributed by atoms with van der Waals surface area (Å²) >= 11 is 0. The standard InChI is InChI=1S/C16H24N2O3S/c1-12(2)17-16(19)15(13-8-4-3-5-9-13)18-22(20,21)14-10-6-7-11-14/h3-5,8-9,12,14-15,18H,6-7,10-11H2,1-2H3,(H,17,19)/t15-/m0/s1. The topological polar surface area (TPSA) is 75.3 Å². The van der Waals surface area contributed by atoms with Crippen molar-refractivity contribution in [2.24, 2.45) is 0 Å². The third-order valence-electron chi connectivity index (χ3n) is 3.85. The number of sulfonamides is 1. The van der Waals surface area contributed by atoms with E-state index in [2.05, 4.69) is 10.0 Å². The minimum absolute atomic E-state index is 0.0466. The quantitative estimate of drug-likeness (QED) is 0.841. The lowest BCUT2D eigenvalue weighted by Crippen LogP contribution is -2.45. The Hall–Kier alpha value is -1.40. The zero-order chi connectivity index (χ0) is 16.2. The summed E-state index contributed by atoms with van der Waals surface area (Å²) in [7, 11) is -3.50. The largest absolute Gasteiger partial charge is 0.352 e. The molecule has 1 atom stereocenters. The fourth-order valence-corrected chi connectivity index (χ4v) is 4.46. The van der Waals surface area contributed by atoms with Gasteiger partial charge in [-0.25, -0.2) is 8.42 Å². The monoisotopic (exact) mass is 324 g/mol. The van der Waals surface area contributed by atoms with E-state index < -0.39 is 16.1 Å². The summed E-state index contributed by atoms with van der Waals surface area (Å²) in [6.45, 7) is 3.71. The molecule has 1 aromatic carbocycles. The average Bonchev–Trinajstić information content (AvgIpc) is 3.00. The van der Waals surface area contributed by atoms with Crippen LogP contribution in [0.4, 0.5) is 0 Å². The summed E-state index contributed by atoms with van der Waals surface area (Å²) in [6, 6.07) is 8.04. The van der Waals surface area contributed by atoms with Crippen LogP contribution < -0.4 is 10.0 Å². The van der Waals surface area contributed by atoms with Crippen molar-refractivity contribution < 1.29 is 13.2 Å². The maximum atomic E-state index is 12.5. The molecule has 122 valence electrons. The first-order valence-corrected chi connectivity index (χ1v) is 9.31. The van der Waals surface area contributed by atoms with E-state index >= 15 is 0 Å². The molecular formula is C16H24N2O3S. The molecule has 1 aromatic rings. The van der Waals surface area contributed by atoms with Crippen molar-refractivity contribution in [1.82, 2.24) is 10.0 Å². The molecule has 0 aromatic heterocycles. The summed E-state index contributed by atoms with van der Waals surface area (Å²) in [5.41, 5.74) is 0.655. The van der Waals surface area contributed by atoms with Crippen LogP contribution in [0.2, 0.25) is 0 Å². The number of nitrogens with one attached hydrogen (secondary N) is 2. The summed E-state index contributed by atoms with van der Waals surface area (Å²) in [4.78, 5) is 12.4. The molecule has 0 unspecified atom stereocenters. The van der Waals surface area contributed by atoms with E-state index in [1.165, 1.54) is 0 Å². The van der Waals surface area contributed by atoms with Gasteiger partial charge in [0.25, 0.3) is 0 Å². The SMILES string of the molecule is CC(C)NC(=O)[C@@H](NS(=O)(=O)C1CCCC1)c1ccccc1. The van der Waals surface area contributed by atoms with Gasteiger partial charge in [0, 0.05) is 6.04 Å². The smallest absolute Gasteiger partial charge is 0.242 e. The molecule has 1 fully saturated rings. The van der Waals surface area contributed by atoms with E-state index in [0.717, 1.165) is 12.8 Å². The molecule has 5 nitrogen and oxygen atoms in total. The van der Waals surface area contributed by atoms with Gasteiger partial charge in [0.1, 0.15) is 6.04 Å². The van der Waals surface area contributed by atoms with Crippen molar-refractivity contribution >= 4 is 15.9 Å². The minimum atomic E-state index is -3.50. The van der Waals surface area contributed by atoms with Crippen LogP contribution >= 0.6 is 0 Å². The van der Waals surface area contributed by atoms with Crippen molar-refractivity contribution in [2.45, 2.75) is 56.9 Å². The third-order valence-corrected chi connectivity index (χ3v) is 5.76. The van der Waals surface area contributed by atoms with Gasteiger partial charge in [-0.1, -0.05) is 43.2 Å². The molecule has 1 aliphatic rings. The maximum Gasteiger partial charge on any atom is 0.242 e. The Morgan fingerprint density at radius 1 is 1.14 bits per heavy atom. The maximum absolute atomic E-state index is 12.5. The zero-order valence-corrected chi connectivity index (χ0v) is 13.9. The molecule has 0 radical (unpaired) electrons. The molecular weight excluding hydrogens is 300 g/mol. The Bertz CT molecular complexity index is 593. The zero-order valence-electron chi connectivity index (χ0n) is 13.1. The molecule has 1 saturated carbocycles. The Morgan fingerprint density at radius 3 is 2.27 bits per heavy atom. The highest BCUT2D eigenvalue weighted by Gasteiger charge is 2.33. The fraction of sp³-hybridized carbons (Fsp3) is 0.562. The Kier molecular flexibility index (Phi) is 5.58. The van der Waals surface area contributed by atoms with Crippen LogP contribution in [0.3, 0.4) is 0 Å². The molecule has 0 aliphatic heterocycles. The van der Waals surface area contributed by atoms with Gasteiger partial charge in [0.15, 0.2) is 0 Å². The molecule has 2 N–H and O–H groups in total. The van der Waals surface area contributed by atoms with Crippen molar-refractivity contribution in [2.75, 3.05) is 0 Å². The van der Waals surface area contributed by atoms with Crippen LogP contribution in [0, 0.1) is 0 Å². The molecule has 1 aliphatic carbocycles. The normalized spacial score (nSPS) is 17.6. The van der Waals surface area contributed by atoms with Crippen LogP contribution in [-0.2, 0) is 14.8 Å². The predicted octanol–water partition coefficient (Wildman–Crippen LogP) is 2.11. The van der Waals surface area contributed by atoms with Crippen molar-refractivity contribution in [3.8, 4) is 0 Å². The van der Waals surface area contributed by atoms with E-state index in [0.29, 0.717) is 18.4 Å². The number of rotatable bonds is 6. The van der Waals surface area contributed by atoms with E-state index in [1.807, 2.05) is 19.9 Å². The van der Waals surface area contributed by atoms with Crippen LogP contribution in [0.1, 0.15) is 51.1 Å². The molecule has 2 rings (SSSR count). The van der Waals surface area contributed by atoms with Crippen LogP contribution in [-0.4, -0.2) is 25.6 Å². The van der Waals surface area contributed by atoms with Gasteiger partial charge in [-0.15, -0.1) is 0 Å². The van der Waals surface area contributed by atoms with Crippen LogP contribution in [0.5, 0.6) is 0 Å². The first-order valence-electron chi connectivity index (χ1n) is 7.76. The molecule has 6 heteroatoms.